The average molecular weight is 265 g/mol. The summed E-state index contributed by atoms with van der Waals surface area (Å²) in [7, 11) is 0. The Morgan fingerprint density at radius 1 is 1.37 bits per heavy atom. The maximum atomic E-state index is 11.2. The molecule has 2 heterocycles. The van der Waals surface area contributed by atoms with E-state index in [1.165, 1.54) is 4.90 Å². The molecule has 0 bridgehead atoms. The second-order valence-corrected chi connectivity index (χ2v) is 6.04. The summed E-state index contributed by atoms with van der Waals surface area (Å²) in [5.74, 6) is 0.316. The molecule has 1 unspecified atom stereocenters. The van der Waals surface area contributed by atoms with Crippen molar-refractivity contribution in [1.29, 1.82) is 0 Å². The van der Waals surface area contributed by atoms with Crippen LogP contribution in [0.5, 0.6) is 5.88 Å². The summed E-state index contributed by atoms with van der Waals surface area (Å²) in [6, 6.07) is 0. The zero-order valence-electron chi connectivity index (χ0n) is 11.6. The van der Waals surface area contributed by atoms with Gasteiger partial charge in [-0.25, -0.2) is 9.78 Å². The molecule has 0 aromatic carbocycles. The summed E-state index contributed by atoms with van der Waals surface area (Å²) in [4.78, 5) is 20.9. The van der Waals surface area contributed by atoms with Gasteiger partial charge in [-0.3, -0.25) is 0 Å². The molecule has 0 spiro atoms. The lowest BCUT2D eigenvalue weighted by Crippen LogP contribution is -2.42. The van der Waals surface area contributed by atoms with Crippen molar-refractivity contribution in [3.05, 3.63) is 17.1 Å². The number of aromatic nitrogens is 2. The fourth-order valence-corrected chi connectivity index (χ4v) is 2.51. The Morgan fingerprint density at radius 3 is 2.53 bits per heavy atom. The van der Waals surface area contributed by atoms with E-state index in [-0.39, 0.29) is 23.8 Å². The molecule has 1 atom stereocenters. The van der Waals surface area contributed by atoms with Crippen LogP contribution < -0.4 is 0 Å². The lowest BCUT2D eigenvalue weighted by Gasteiger charge is -2.39. The van der Waals surface area contributed by atoms with E-state index in [2.05, 4.69) is 9.97 Å². The van der Waals surface area contributed by atoms with Gasteiger partial charge in [0.1, 0.15) is 5.82 Å². The molecule has 0 fully saturated rings. The third-order valence-corrected chi connectivity index (χ3v) is 3.52. The molecule has 6 heteroatoms. The van der Waals surface area contributed by atoms with Crippen LogP contribution in [0.15, 0.2) is 0 Å². The molecular formula is C13H19N3O3. The Kier molecular flexibility index (Phi) is 3.12. The first kappa shape index (κ1) is 13.6. The predicted octanol–water partition coefficient (Wildman–Crippen LogP) is 2.11. The van der Waals surface area contributed by atoms with Crippen LogP contribution >= 0.6 is 0 Å². The molecule has 19 heavy (non-hydrogen) atoms. The van der Waals surface area contributed by atoms with Crippen LogP contribution in [0.2, 0.25) is 0 Å². The molecule has 0 aliphatic carbocycles. The first-order chi connectivity index (χ1) is 8.70. The smallest absolute Gasteiger partial charge is 0.407 e. The van der Waals surface area contributed by atoms with Gasteiger partial charge in [0.15, 0.2) is 0 Å². The van der Waals surface area contributed by atoms with Crippen LogP contribution in [0.1, 0.15) is 43.8 Å². The number of nitrogens with zero attached hydrogens (tertiary/aromatic N) is 3. The molecule has 1 aromatic heterocycles. The van der Waals surface area contributed by atoms with E-state index in [9.17, 15) is 15.0 Å². The number of carboxylic acid groups (broad SMARTS) is 1. The molecule has 0 saturated heterocycles. The monoisotopic (exact) mass is 265 g/mol. The van der Waals surface area contributed by atoms with E-state index in [0.29, 0.717) is 23.6 Å². The topological polar surface area (TPSA) is 86.6 Å². The summed E-state index contributed by atoms with van der Waals surface area (Å²) < 4.78 is 0. The first-order valence-electron chi connectivity index (χ1n) is 6.24. The Morgan fingerprint density at radius 2 is 2.00 bits per heavy atom. The van der Waals surface area contributed by atoms with E-state index in [4.69, 9.17) is 0 Å². The zero-order chi connectivity index (χ0) is 14.4. The third-order valence-electron chi connectivity index (χ3n) is 3.52. The SMILES string of the molecule is Cc1nc(O)c2c(n1)CN(C(=O)O)CC2C(C)(C)C. The van der Waals surface area contributed by atoms with Crippen molar-refractivity contribution in [3.8, 4) is 5.88 Å². The summed E-state index contributed by atoms with van der Waals surface area (Å²) in [5, 5.41) is 19.3. The van der Waals surface area contributed by atoms with Crippen LogP contribution in [-0.2, 0) is 6.54 Å². The number of carbonyl (C=O) groups is 1. The van der Waals surface area contributed by atoms with Crippen molar-refractivity contribution in [2.75, 3.05) is 6.54 Å². The van der Waals surface area contributed by atoms with Gasteiger partial charge in [0.2, 0.25) is 5.88 Å². The highest BCUT2D eigenvalue weighted by Gasteiger charge is 2.38. The molecule has 1 aliphatic rings. The molecule has 2 rings (SSSR count). The average Bonchev–Trinajstić information content (AvgIpc) is 2.25. The van der Waals surface area contributed by atoms with Gasteiger partial charge < -0.3 is 15.1 Å². The minimum Gasteiger partial charge on any atom is -0.493 e. The number of hydrogen-bond donors (Lipinski definition) is 2. The fraction of sp³-hybridized carbons (Fsp3) is 0.615. The number of rotatable bonds is 0. The molecule has 0 saturated carbocycles. The Balaban J connectivity index is 2.56. The number of hydrogen-bond acceptors (Lipinski definition) is 4. The lowest BCUT2D eigenvalue weighted by atomic mass is 9.74. The Bertz CT molecular complexity index is 523. The molecule has 0 radical (unpaired) electrons. The van der Waals surface area contributed by atoms with Crippen molar-refractivity contribution < 1.29 is 15.0 Å². The van der Waals surface area contributed by atoms with Gasteiger partial charge in [0.25, 0.3) is 0 Å². The van der Waals surface area contributed by atoms with Crippen molar-refractivity contribution >= 4 is 6.09 Å². The molecule has 1 aliphatic heterocycles. The minimum absolute atomic E-state index is 0.0209. The maximum Gasteiger partial charge on any atom is 0.407 e. The molecular weight excluding hydrogens is 246 g/mol. The quantitative estimate of drug-likeness (QED) is 0.750. The van der Waals surface area contributed by atoms with Gasteiger partial charge in [0.05, 0.1) is 12.2 Å². The van der Waals surface area contributed by atoms with E-state index in [1.807, 2.05) is 20.8 Å². The lowest BCUT2D eigenvalue weighted by molar-refractivity contribution is 0.118. The van der Waals surface area contributed by atoms with E-state index < -0.39 is 6.09 Å². The molecule has 6 nitrogen and oxygen atoms in total. The zero-order valence-corrected chi connectivity index (χ0v) is 11.6. The van der Waals surface area contributed by atoms with Crippen LogP contribution in [-0.4, -0.2) is 37.7 Å². The van der Waals surface area contributed by atoms with Gasteiger partial charge in [-0.05, 0) is 12.3 Å². The van der Waals surface area contributed by atoms with Gasteiger partial charge in [-0.1, -0.05) is 20.8 Å². The summed E-state index contributed by atoms with van der Waals surface area (Å²) >= 11 is 0. The highest BCUT2D eigenvalue weighted by Crippen LogP contribution is 2.43. The number of amides is 1. The second kappa shape index (κ2) is 4.36. The van der Waals surface area contributed by atoms with Crippen molar-refractivity contribution in [2.45, 2.75) is 40.2 Å². The van der Waals surface area contributed by atoms with Crippen LogP contribution in [0, 0.1) is 12.3 Å². The molecule has 2 N–H and O–H groups in total. The predicted molar refractivity (Wildman–Crippen MR) is 69.1 cm³/mol. The van der Waals surface area contributed by atoms with Gasteiger partial charge in [-0.2, -0.15) is 4.98 Å². The molecule has 1 amide bonds. The number of fused-ring (bicyclic) bond motifs is 1. The highest BCUT2D eigenvalue weighted by atomic mass is 16.4. The standard InChI is InChI=1S/C13H19N3O3/c1-7-14-9-6-16(12(18)19)5-8(13(2,3)4)10(9)11(17)15-7/h8H,5-6H2,1-4H3,(H,18,19)(H,14,15,17). The van der Waals surface area contributed by atoms with Crippen LogP contribution in [0.25, 0.3) is 0 Å². The van der Waals surface area contributed by atoms with Crippen molar-refractivity contribution in [1.82, 2.24) is 14.9 Å². The van der Waals surface area contributed by atoms with Gasteiger partial charge in [-0.15, -0.1) is 0 Å². The minimum atomic E-state index is -0.962. The Labute approximate surface area is 112 Å². The molecule has 104 valence electrons. The summed E-state index contributed by atoms with van der Waals surface area (Å²) in [6.07, 6.45) is -0.962. The van der Waals surface area contributed by atoms with Crippen molar-refractivity contribution in [3.63, 3.8) is 0 Å². The number of aryl methyl sites for hydroxylation is 1. The first-order valence-corrected chi connectivity index (χ1v) is 6.24. The normalized spacial score (nSPS) is 19.2. The van der Waals surface area contributed by atoms with Gasteiger partial charge >= 0.3 is 6.09 Å². The second-order valence-electron chi connectivity index (χ2n) is 6.04. The summed E-state index contributed by atoms with van der Waals surface area (Å²) in [6.45, 7) is 8.30. The van der Waals surface area contributed by atoms with Crippen LogP contribution in [0.3, 0.4) is 0 Å². The fourth-order valence-electron chi connectivity index (χ4n) is 2.51. The van der Waals surface area contributed by atoms with E-state index >= 15 is 0 Å². The maximum absolute atomic E-state index is 11.2. The van der Waals surface area contributed by atoms with Gasteiger partial charge in [0, 0.05) is 18.0 Å². The van der Waals surface area contributed by atoms with E-state index in [1.54, 1.807) is 6.92 Å². The van der Waals surface area contributed by atoms with Crippen molar-refractivity contribution in [2.24, 2.45) is 5.41 Å². The largest absolute Gasteiger partial charge is 0.493 e. The molecule has 1 aromatic rings. The van der Waals surface area contributed by atoms with E-state index in [0.717, 1.165) is 0 Å². The highest BCUT2D eigenvalue weighted by molar-refractivity contribution is 5.66. The Hall–Kier alpha value is -1.85. The number of aromatic hydroxyl groups is 1. The summed E-state index contributed by atoms with van der Waals surface area (Å²) in [5.41, 5.74) is 1.12. The van der Waals surface area contributed by atoms with Crippen LogP contribution in [0.4, 0.5) is 4.79 Å². The third kappa shape index (κ3) is 2.47.